The minimum atomic E-state index is -5.26. The molecule has 10 heteroatoms. The molecule has 0 fully saturated rings. The summed E-state index contributed by atoms with van der Waals surface area (Å²) in [6.45, 7) is 1.02. The van der Waals surface area contributed by atoms with Crippen LogP contribution in [0.25, 0.3) is 0 Å². The van der Waals surface area contributed by atoms with Crippen molar-refractivity contribution in [1.82, 2.24) is 0 Å². The van der Waals surface area contributed by atoms with Crippen LogP contribution in [0.4, 0.5) is 26.3 Å². The zero-order valence-electron chi connectivity index (χ0n) is 10.8. The number of benzene rings is 1. The first-order valence-corrected chi connectivity index (χ1v) is 6.40. The molecule has 120 valence electrons. The zero-order chi connectivity index (χ0) is 17.1. The number of carbonyl (C=O) groups is 1. The second kappa shape index (κ2) is 6.48. The summed E-state index contributed by atoms with van der Waals surface area (Å²) >= 11 is -1.01. The Labute approximate surface area is 124 Å². The molecule has 0 N–H and O–H groups in total. The fourth-order valence-electron chi connectivity index (χ4n) is 1.58. The molecule has 0 aliphatic heterocycles. The van der Waals surface area contributed by atoms with Gasteiger partial charge in [0.2, 0.25) is 0 Å². The summed E-state index contributed by atoms with van der Waals surface area (Å²) < 4.78 is 80.9. The first-order valence-electron chi connectivity index (χ1n) is 5.58. The van der Waals surface area contributed by atoms with E-state index in [1.165, 1.54) is 13.0 Å². The Kier molecular flexibility index (Phi) is 5.35. The van der Waals surface area contributed by atoms with E-state index in [0.717, 1.165) is 6.07 Å². The van der Waals surface area contributed by atoms with Crippen LogP contribution >= 0.6 is 11.8 Å². The first kappa shape index (κ1) is 18.2. The monoisotopic (exact) mass is 343 g/mol. The number of nitrogens with zero attached hydrogens (tertiary/aromatic N) is 1. The Hall–Kier alpha value is -1.89. The van der Waals surface area contributed by atoms with E-state index in [-0.39, 0.29) is 6.61 Å². The van der Waals surface area contributed by atoms with Crippen molar-refractivity contribution >= 4 is 17.7 Å². The van der Waals surface area contributed by atoms with Gasteiger partial charge in [0.1, 0.15) is 6.07 Å². The highest BCUT2D eigenvalue weighted by Gasteiger charge is 2.43. The van der Waals surface area contributed by atoms with Crippen molar-refractivity contribution in [2.45, 2.75) is 23.5 Å². The molecule has 0 aliphatic rings. The van der Waals surface area contributed by atoms with Crippen molar-refractivity contribution in [2.75, 3.05) is 6.61 Å². The number of hydrogen-bond donors (Lipinski definition) is 0. The van der Waals surface area contributed by atoms with Gasteiger partial charge in [-0.1, -0.05) is 0 Å². The second-order valence-corrected chi connectivity index (χ2v) is 4.85. The van der Waals surface area contributed by atoms with E-state index >= 15 is 0 Å². The predicted octanol–water partition coefficient (Wildman–Crippen LogP) is 4.37. The van der Waals surface area contributed by atoms with Crippen LogP contribution in [0, 0.1) is 11.3 Å². The second-order valence-electron chi connectivity index (χ2n) is 3.74. The molecule has 1 aromatic rings. The van der Waals surface area contributed by atoms with Crippen LogP contribution in [0.3, 0.4) is 0 Å². The fourth-order valence-corrected chi connectivity index (χ4v) is 2.29. The van der Waals surface area contributed by atoms with Crippen LogP contribution < -0.4 is 0 Å². The molecule has 0 unspecified atom stereocenters. The quantitative estimate of drug-likeness (QED) is 0.465. The molecule has 0 aromatic heterocycles. The van der Waals surface area contributed by atoms with E-state index in [1.54, 1.807) is 0 Å². The summed E-state index contributed by atoms with van der Waals surface area (Å²) in [7, 11) is 0. The molecule has 0 spiro atoms. The average molecular weight is 343 g/mol. The maximum absolute atomic E-state index is 13.1. The molecule has 0 saturated heterocycles. The topological polar surface area (TPSA) is 50.1 Å². The van der Waals surface area contributed by atoms with Crippen molar-refractivity contribution in [2.24, 2.45) is 0 Å². The highest BCUT2D eigenvalue weighted by atomic mass is 32.2. The number of halogens is 6. The normalized spacial score (nSPS) is 11.9. The molecule has 0 heterocycles. The predicted molar refractivity (Wildman–Crippen MR) is 64.0 cm³/mol. The molecule has 3 nitrogen and oxygen atoms in total. The molecular weight excluding hydrogens is 336 g/mol. The summed E-state index contributed by atoms with van der Waals surface area (Å²) in [4.78, 5) is 10.4. The number of esters is 1. The van der Waals surface area contributed by atoms with Gasteiger partial charge in [0, 0.05) is 4.90 Å². The summed E-state index contributed by atoms with van der Waals surface area (Å²) in [6, 6.07) is 2.57. The Morgan fingerprint density at radius 3 is 2.27 bits per heavy atom. The molecule has 0 aliphatic carbocycles. The number of alkyl halides is 6. The molecule has 0 bridgehead atoms. The van der Waals surface area contributed by atoms with Crippen molar-refractivity contribution in [3.05, 3.63) is 28.8 Å². The summed E-state index contributed by atoms with van der Waals surface area (Å²) in [6.07, 6.45) is -5.26. The third kappa shape index (κ3) is 4.30. The number of thioether (sulfide) groups is 1. The lowest BCUT2D eigenvalue weighted by Gasteiger charge is -2.18. The van der Waals surface area contributed by atoms with Crippen molar-refractivity contribution in [3.8, 4) is 6.07 Å². The maximum Gasteiger partial charge on any atom is 0.446 e. The Bertz CT molecular complexity index is 618. The minimum absolute atomic E-state index is 0.294. The van der Waals surface area contributed by atoms with Gasteiger partial charge in [-0.3, -0.25) is 0 Å². The van der Waals surface area contributed by atoms with Crippen molar-refractivity contribution in [1.29, 1.82) is 5.26 Å². The molecule has 0 saturated carbocycles. The third-order valence-corrected chi connectivity index (χ3v) is 3.07. The van der Waals surface area contributed by atoms with E-state index in [1.807, 2.05) is 0 Å². The van der Waals surface area contributed by atoms with E-state index in [0.29, 0.717) is 6.07 Å². The van der Waals surface area contributed by atoms with Crippen LogP contribution in [0.1, 0.15) is 28.4 Å². The molecule has 0 amide bonds. The highest BCUT2D eigenvalue weighted by Crippen LogP contribution is 2.45. The van der Waals surface area contributed by atoms with Crippen LogP contribution in [-0.4, -0.2) is 18.1 Å². The first-order chi connectivity index (χ1) is 10.0. The summed E-state index contributed by atoms with van der Waals surface area (Å²) in [5, 5.41) is 8.80. The summed E-state index contributed by atoms with van der Waals surface area (Å²) in [5.74, 6) is -1.50. The lowest BCUT2D eigenvalue weighted by Crippen LogP contribution is -2.19. The van der Waals surface area contributed by atoms with E-state index in [4.69, 9.17) is 5.26 Å². The lowest BCUT2D eigenvalue weighted by atomic mass is 10.0. The standard InChI is InChI=1S/C12H7F6NO2S/c1-2-21-10(20)8-6(5-19)3-4-7(22-12(16,17)18)9(8)11(13,14)15/h3-4H,2H2,1H3. The van der Waals surface area contributed by atoms with Gasteiger partial charge < -0.3 is 4.74 Å². The Morgan fingerprint density at radius 2 is 1.86 bits per heavy atom. The number of rotatable bonds is 3. The van der Waals surface area contributed by atoms with Crippen molar-refractivity contribution < 1.29 is 35.9 Å². The molecule has 1 rings (SSSR count). The maximum atomic E-state index is 13.1. The fraction of sp³-hybridized carbons (Fsp3) is 0.333. The summed E-state index contributed by atoms with van der Waals surface area (Å²) in [5.41, 5.74) is -8.74. The minimum Gasteiger partial charge on any atom is -0.462 e. The zero-order valence-corrected chi connectivity index (χ0v) is 11.6. The third-order valence-electron chi connectivity index (χ3n) is 2.28. The highest BCUT2D eigenvalue weighted by molar-refractivity contribution is 8.00. The molecule has 0 atom stereocenters. The van der Waals surface area contributed by atoms with Gasteiger partial charge in [-0.05, 0) is 30.8 Å². The van der Waals surface area contributed by atoms with Crippen molar-refractivity contribution in [3.63, 3.8) is 0 Å². The van der Waals surface area contributed by atoms with Gasteiger partial charge in [0.05, 0.1) is 23.3 Å². The molecule has 1 aromatic carbocycles. The number of carbonyl (C=O) groups excluding carboxylic acids is 1. The van der Waals surface area contributed by atoms with Gasteiger partial charge in [0.15, 0.2) is 0 Å². The molecule has 0 radical (unpaired) electrons. The molecule has 22 heavy (non-hydrogen) atoms. The number of nitriles is 1. The van der Waals surface area contributed by atoms with E-state index in [9.17, 15) is 31.1 Å². The largest absolute Gasteiger partial charge is 0.462 e. The van der Waals surface area contributed by atoms with E-state index < -0.39 is 51.0 Å². The average Bonchev–Trinajstić information content (AvgIpc) is 2.35. The van der Waals surface area contributed by atoms with E-state index in [2.05, 4.69) is 4.74 Å². The van der Waals surface area contributed by atoms with Gasteiger partial charge >= 0.3 is 17.7 Å². The Balaban J connectivity index is 3.66. The lowest BCUT2D eigenvalue weighted by molar-refractivity contribution is -0.140. The SMILES string of the molecule is CCOC(=O)c1c(C#N)ccc(SC(F)(F)F)c1C(F)(F)F. The van der Waals surface area contributed by atoms with Gasteiger partial charge in [-0.2, -0.15) is 31.6 Å². The molecular formula is C12H7F6NO2S. The van der Waals surface area contributed by atoms with Crippen LogP contribution in [0.15, 0.2) is 17.0 Å². The van der Waals surface area contributed by atoms with Gasteiger partial charge in [-0.25, -0.2) is 4.79 Å². The number of ether oxygens (including phenoxy) is 1. The van der Waals surface area contributed by atoms with Crippen LogP contribution in [0.2, 0.25) is 0 Å². The van der Waals surface area contributed by atoms with Crippen LogP contribution in [0.5, 0.6) is 0 Å². The number of hydrogen-bond acceptors (Lipinski definition) is 4. The van der Waals surface area contributed by atoms with Gasteiger partial charge in [0.25, 0.3) is 0 Å². The smallest absolute Gasteiger partial charge is 0.446 e. The van der Waals surface area contributed by atoms with Crippen LogP contribution in [-0.2, 0) is 10.9 Å². The Morgan fingerprint density at radius 1 is 1.27 bits per heavy atom. The van der Waals surface area contributed by atoms with Gasteiger partial charge in [-0.15, -0.1) is 0 Å².